The maximum Gasteiger partial charge on any atom is 0.243 e. The summed E-state index contributed by atoms with van der Waals surface area (Å²) < 4.78 is 5.33. The lowest BCUT2D eigenvalue weighted by molar-refractivity contribution is 0.0486. The number of aromatic nitrogens is 3. The van der Waals surface area contributed by atoms with Crippen LogP contribution in [0.5, 0.6) is 0 Å². The number of morpholine rings is 1. The van der Waals surface area contributed by atoms with Crippen LogP contribution in [0.2, 0.25) is 0 Å². The fraction of sp³-hybridized carbons (Fsp3) is 0.750. The molecule has 21 heavy (non-hydrogen) atoms. The first-order valence-corrected chi connectivity index (χ1v) is 7.22. The molecular formula is C12H21N7O2. The van der Waals surface area contributed by atoms with E-state index in [0.717, 1.165) is 32.5 Å². The summed E-state index contributed by atoms with van der Waals surface area (Å²) in [5.41, 5.74) is 2.47. The van der Waals surface area contributed by atoms with Gasteiger partial charge in [-0.3, -0.25) is 5.43 Å². The zero-order valence-electron chi connectivity index (χ0n) is 11.8. The van der Waals surface area contributed by atoms with Gasteiger partial charge in [-0.05, 0) is 18.8 Å². The molecule has 0 aromatic carbocycles. The van der Waals surface area contributed by atoms with Crippen molar-refractivity contribution in [2.45, 2.75) is 18.9 Å². The number of hydrogen-bond donors (Lipinski definition) is 4. The van der Waals surface area contributed by atoms with Gasteiger partial charge < -0.3 is 20.1 Å². The van der Waals surface area contributed by atoms with E-state index in [4.69, 9.17) is 10.6 Å². The average molecular weight is 295 g/mol. The van der Waals surface area contributed by atoms with Crippen molar-refractivity contribution < 1.29 is 9.84 Å². The Morgan fingerprint density at radius 3 is 2.57 bits per heavy atom. The Labute approximate surface area is 122 Å². The highest BCUT2D eigenvalue weighted by Gasteiger charge is 2.27. The molecule has 1 saturated carbocycles. The number of hydrogen-bond acceptors (Lipinski definition) is 9. The highest BCUT2D eigenvalue weighted by molar-refractivity contribution is 5.43. The average Bonchev–Trinajstić information content (AvgIpc) is 2.51. The first kappa shape index (κ1) is 14.2. The van der Waals surface area contributed by atoms with E-state index >= 15 is 0 Å². The van der Waals surface area contributed by atoms with Crippen molar-refractivity contribution >= 4 is 17.8 Å². The fourth-order valence-corrected chi connectivity index (χ4v) is 2.52. The van der Waals surface area contributed by atoms with Gasteiger partial charge in [0.15, 0.2) is 0 Å². The van der Waals surface area contributed by atoms with Gasteiger partial charge in [-0.1, -0.05) is 0 Å². The third-order valence-corrected chi connectivity index (χ3v) is 3.81. The van der Waals surface area contributed by atoms with Gasteiger partial charge in [0.2, 0.25) is 17.8 Å². The number of hydrazine groups is 1. The monoisotopic (exact) mass is 295 g/mol. The fourth-order valence-electron chi connectivity index (χ4n) is 2.52. The molecule has 1 aromatic heterocycles. The van der Waals surface area contributed by atoms with Crippen LogP contribution in [0.1, 0.15) is 12.8 Å². The number of aliphatic hydroxyl groups excluding tert-OH is 1. The summed E-state index contributed by atoms with van der Waals surface area (Å²) in [4.78, 5) is 15.0. The van der Waals surface area contributed by atoms with E-state index in [9.17, 15) is 5.11 Å². The number of aliphatic hydroxyl groups is 1. The number of nitrogen functional groups attached to an aromatic ring is 1. The number of anilines is 3. The van der Waals surface area contributed by atoms with Crippen LogP contribution in [0, 0.1) is 5.92 Å². The molecule has 2 aliphatic rings. The van der Waals surface area contributed by atoms with Crippen molar-refractivity contribution in [1.29, 1.82) is 0 Å². The molecule has 1 aliphatic heterocycles. The molecule has 0 spiro atoms. The van der Waals surface area contributed by atoms with Crippen molar-refractivity contribution in [3.8, 4) is 0 Å². The zero-order valence-corrected chi connectivity index (χ0v) is 11.8. The predicted octanol–water partition coefficient (Wildman–Crippen LogP) is -0.823. The van der Waals surface area contributed by atoms with Crippen LogP contribution in [0.3, 0.4) is 0 Å². The van der Waals surface area contributed by atoms with E-state index in [1.54, 1.807) is 0 Å². The molecular weight excluding hydrogens is 274 g/mol. The standard InChI is InChI=1S/C12H21N7O2/c13-18-11-15-10(14-7-8-5-9(20)6-8)16-12(17-11)19-1-3-21-4-2-19/h8-9,20H,1-7,13H2,(H2,14,15,16,17,18). The van der Waals surface area contributed by atoms with Gasteiger partial charge in [0.1, 0.15) is 0 Å². The number of nitrogens with two attached hydrogens (primary N) is 1. The van der Waals surface area contributed by atoms with Crippen LogP contribution in [-0.4, -0.2) is 59.0 Å². The highest BCUT2D eigenvalue weighted by atomic mass is 16.5. The molecule has 0 radical (unpaired) electrons. The summed E-state index contributed by atoms with van der Waals surface area (Å²) in [5.74, 6) is 7.32. The van der Waals surface area contributed by atoms with Crippen molar-refractivity contribution in [2.24, 2.45) is 11.8 Å². The number of nitrogens with one attached hydrogen (secondary N) is 2. The van der Waals surface area contributed by atoms with Gasteiger partial charge in [0, 0.05) is 19.6 Å². The van der Waals surface area contributed by atoms with Crippen molar-refractivity contribution in [1.82, 2.24) is 15.0 Å². The first-order chi connectivity index (χ1) is 10.2. The maximum atomic E-state index is 9.30. The van der Waals surface area contributed by atoms with Crippen LogP contribution < -0.4 is 21.5 Å². The molecule has 0 amide bonds. The van der Waals surface area contributed by atoms with Gasteiger partial charge in [0.25, 0.3) is 0 Å². The molecule has 3 rings (SSSR count). The maximum absolute atomic E-state index is 9.30. The minimum absolute atomic E-state index is 0.152. The lowest BCUT2D eigenvalue weighted by Crippen LogP contribution is -2.38. The summed E-state index contributed by atoms with van der Waals surface area (Å²) in [5, 5.41) is 12.5. The van der Waals surface area contributed by atoms with Crippen LogP contribution >= 0.6 is 0 Å². The Balaban J connectivity index is 1.67. The molecule has 0 atom stereocenters. The lowest BCUT2D eigenvalue weighted by Gasteiger charge is -2.31. The molecule has 9 nitrogen and oxygen atoms in total. The van der Waals surface area contributed by atoms with E-state index < -0.39 is 0 Å². The SMILES string of the molecule is NNc1nc(NCC2CC(O)C2)nc(N2CCOCC2)n1. The summed E-state index contributed by atoms with van der Waals surface area (Å²) in [6.45, 7) is 3.58. The van der Waals surface area contributed by atoms with Crippen LogP contribution in [-0.2, 0) is 4.74 Å². The van der Waals surface area contributed by atoms with Crippen molar-refractivity contribution in [3.63, 3.8) is 0 Å². The highest BCUT2D eigenvalue weighted by Crippen LogP contribution is 2.27. The van der Waals surface area contributed by atoms with Gasteiger partial charge >= 0.3 is 0 Å². The molecule has 5 N–H and O–H groups in total. The molecule has 9 heteroatoms. The van der Waals surface area contributed by atoms with Crippen LogP contribution in [0.25, 0.3) is 0 Å². The van der Waals surface area contributed by atoms with E-state index in [0.29, 0.717) is 37.0 Å². The van der Waals surface area contributed by atoms with Gasteiger partial charge in [-0.2, -0.15) is 15.0 Å². The second-order valence-electron chi connectivity index (χ2n) is 5.40. The third kappa shape index (κ3) is 3.49. The first-order valence-electron chi connectivity index (χ1n) is 7.22. The van der Waals surface area contributed by atoms with E-state index in [1.165, 1.54) is 0 Å². The zero-order chi connectivity index (χ0) is 14.7. The van der Waals surface area contributed by atoms with Gasteiger partial charge in [-0.25, -0.2) is 5.84 Å². The van der Waals surface area contributed by atoms with Crippen molar-refractivity contribution in [3.05, 3.63) is 0 Å². The predicted molar refractivity (Wildman–Crippen MR) is 77.9 cm³/mol. The topological polar surface area (TPSA) is 121 Å². The summed E-state index contributed by atoms with van der Waals surface area (Å²) in [6, 6.07) is 0. The minimum atomic E-state index is -0.152. The number of ether oxygens (including phenoxy) is 1. The molecule has 0 bridgehead atoms. The molecule has 1 saturated heterocycles. The van der Waals surface area contributed by atoms with E-state index in [-0.39, 0.29) is 6.10 Å². The molecule has 2 fully saturated rings. The summed E-state index contributed by atoms with van der Waals surface area (Å²) in [7, 11) is 0. The molecule has 1 aromatic rings. The Bertz CT molecular complexity index is 475. The third-order valence-electron chi connectivity index (χ3n) is 3.81. The number of nitrogens with zero attached hydrogens (tertiary/aromatic N) is 4. The molecule has 1 aliphatic carbocycles. The second-order valence-corrected chi connectivity index (χ2v) is 5.40. The molecule has 116 valence electrons. The van der Waals surface area contributed by atoms with Crippen LogP contribution in [0.4, 0.5) is 17.8 Å². The smallest absolute Gasteiger partial charge is 0.243 e. The molecule has 0 unspecified atom stereocenters. The van der Waals surface area contributed by atoms with Crippen LogP contribution in [0.15, 0.2) is 0 Å². The van der Waals surface area contributed by atoms with E-state index in [2.05, 4.69) is 25.7 Å². The van der Waals surface area contributed by atoms with Crippen molar-refractivity contribution in [2.75, 3.05) is 48.5 Å². The largest absolute Gasteiger partial charge is 0.393 e. The Hall–Kier alpha value is -1.71. The number of rotatable bonds is 5. The quantitative estimate of drug-likeness (QED) is 0.407. The van der Waals surface area contributed by atoms with Gasteiger partial charge in [0.05, 0.1) is 19.3 Å². The second kappa shape index (κ2) is 6.37. The minimum Gasteiger partial charge on any atom is -0.393 e. The summed E-state index contributed by atoms with van der Waals surface area (Å²) >= 11 is 0. The summed E-state index contributed by atoms with van der Waals surface area (Å²) in [6.07, 6.45) is 1.51. The van der Waals surface area contributed by atoms with E-state index in [1.807, 2.05) is 4.90 Å². The normalized spacial score (nSPS) is 25.3. The molecule has 2 heterocycles. The van der Waals surface area contributed by atoms with Gasteiger partial charge in [-0.15, -0.1) is 0 Å². The lowest BCUT2D eigenvalue weighted by atomic mass is 9.82. The Morgan fingerprint density at radius 1 is 1.19 bits per heavy atom. The Morgan fingerprint density at radius 2 is 1.90 bits per heavy atom. The Kier molecular flexibility index (Phi) is 4.32.